The second-order valence-corrected chi connectivity index (χ2v) is 10.2. The standard InChI is InChI=1S/C26H25N7OS.C2HF3O2/c1-2-9-21-20(8-1)31-23(32-21)14-17-5-3-7-19(13-17)34-25-24(35-16-29-25)22-10-12-28-26(33-22)30-18-6-4-11-27-15-18;3-2(4,5)1(6)7/h1-3,5,7-10,12-13,16,18,27H,4,6,11,14-15H2,(H,31,32)(H,28,30,33);(H,6,7)/t18-;/m0./s1. The number of aromatic nitrogens is 5. The number of carbonyl (C=O) groups is 1. The molecule has 5 aromatic rings. The summed E-state index contributed by atoms with van der Waals surface area (Å²) in [4.78, 5) is 31.4. The molecule has 0 radical (unpaired) electrons. The van der Waals surface area contributed by atoms with E-state index in [-0.39, 0.29) is 0 Å². The molecule has 0 amide bonds. The fourth-order valence-electron chi connectivity index (χ4n) is 4.30. The Bertz CT molecular complexity index is 1620. The van der Waals surface area contributed by atoms with Crippen molar-refractivity contribution in [3.05, 3.63) is 77.7 Å². The van der Waals surface area contributed by atoms with Crippen LogP contribution in [-0.4, -0.2) is 61.3 Å². The number of rotatable bonds is 7. The van der Waals surface area contributed by atoms with E-state index in [1.165, 1.54) is 11.3 Å². The lowest BCUT2D eigenvalue weighted by molar-refractivity contribution is -0.192. The summed E-state index contributed by atoms with van der Waals surface area (Å²) in [7, 11) is 0. The van der Waals surface area contributed by atoms with Crippen LogP contribution in [0.15, 0.2) is 66.3 Å². The quantitative estimate of drug-likeness (QED) is 0.187. The first-order valence-electron chi connectivity index (χ1n) is 13.0. The second kappa shape index (κ2) is 13.0. The number of anilines is 1. The maximum Gasteiger partial charge on any atom is 0.490 e. The number of imidazole rings is 1. The van der Waals surface area contributed by atoms with Crippen molar-refractivity contribution in [3.63, 3.8) is 0 Å². The van der Waals surface area contributed by atoms with Crippen molar-refractivity contribution in [1.29, 1.82) is 0 Å². The number of H-pyrrole nitrogens is 1. The van der Waals surface area contributed by atoms with E-state index in [4.69, 9.17) is 19.6 Å². The number of thiazole rings is 1. The van der Waals surface area contributed by atoms with Crippen LogP contribution in [0.25, 0.3) is 21.6 Å². The molecule has 4 heterocycles. The fraction of sp³-hybridized carbons (Fsp3) is 0.250. The van der Waals surface area contributed by atoms with Gasteiger partial charge in [0.15, 0.2) is 0 Å². The SMILES string of the molecule is O=C(O)C(F)(F)F.c1cc(Cc2nc3ccccc3[nH]2)cc(Oc2ncsc2-c2ccnc(N[C@H]3CCCNC3)n2)c1. The third-order valence-corrected chi connectivity index (χ3v) is 7.05. The molecule has 0 spiro atoms. The summed E-state index contributed by atoms with van der Waals surface area (Å²) < 4.78 is 37.9. The van der Waals surface area contributed by atoms with Crippen molar-refractivity contribution < 1.29 is 27.8 Å². The van der Waals surface area contributed by atoms with Crippen LogP contribution < -0.4 is 15.4 Å². The molecule has 4 N–H and O–H groups in total. The second-order valence-electron chi connectivity index (χ2n) is 9.37. The molecule has 0 unspecified atom stereocenters. The molecular formula is C28H26F3N7O3S. The summed E-state index contributed by atoms with van der Waals surface area (Å²) >= 11 is 1.50. The predicted octanol–water partition coefficient (Wildman–Crippen LogP) is 5.66. The van der Waals surface area contributed by atoms with Gasteiger partial charge in [0.2, 0.25) is 11.8 Å². The van der Waals surface area contributed by atoms with Gasteiger partial charge in [-0.3, -0.25) is 0 Å². The maximum atomic E-state index is 10.6. The van der Waals surface area contributed by atoms with Gasteiger partial charge in [0.1, 0.15) is 16.5 Å². The minimum Gasteiger partial charge on any atom is -0.475 e. The average molecular weight is 598 g/mol. The summed E-state index contributed by atoms with van der Waals surface area (Å²) in [6.07, 6.45) is -0.357. The highest BCUT2D eigenvalue weighted by Crippen LogP contribution is 2.35. The van der Waals surface area contributed by atoms with Gasteiger partial charge in [-0.2, -0.15) is 13.2 Å². The zero-order valence-electron chi connectivity index (χ0n) is 22.1. The Kier molecular flexibility index (Phi) is 8.93. The van der Waals surface area contributed by atoms with E-state index in [9.17, 15) is 13.2 Å². The van der Waals surface area contributed by atoms with Crippen molar-refractivity contribution in [3.8, 4) is 22.2 Å². The third-order valence-electron chi connectivity index (χ3n) is 6.22. The molecule has 1 aliphatic rings. The number of aromatic amines is 1. The number of carboxylic acids is 1. The van der Waals surface area contributed by atoms with E-state index >= 15 is 0 Å². The van der Waals surface area contributed by atoms with Gasteiger partial charge in [-0.15, -0.1) is 11.3 Å². The Morgan fingerprint density at radius 2 is 1.95 bits per heavy atom. The van der Waals surface area contributed by atoms with Gasteiger partial charge in [0, 0.05) is 25.2 Å². The highest BCUT2D eigenvalue weighted by atomic mass is 32.1. The first kappa shape index (κ1) is 29.0. The lowest BCUT2D eigenvalue weighted by Crippen LogP contribution is -2.38. The van der Waals surface area contributed by atoms with Gasteiger partial charge in [0.05, 0.1) is 22.2 Å². The molecule has 1 atom stereocenters. The predicted molar refractivity (Wildman–Crippen MR) is 152 cm³/mol. The molecule has 42 heavy (non-hydrogen) atoms. The lowest BCUT2D eigenvalue weighted by atomic mass is 10.1. The summed E-state index contributed by atoms with van der Waals surface area (Å²) in [5, 5.41) is 14.0. The summed E-state index contributed by atoms with van der Waals surface area (Å²) in [6.45, 7) is 1.99. The number of nitrogens with one attached hydrogen (secondary N) is 3. The molecule has 3 aromatic heterocycles. The molecular weight excluding hydrogens is 571 g/mol. The Balaban J connectivity index is 0.000000451. The number of hydrogen-bond donors (Lipinski definition) is 4. The minimum atomic E-state index is -5.08. The van der Waals surface area contributed by atoms with Crippen molar-refractivity contribution in [2.45, 2.75) is 31.5 Å². The van der Waals surface area contributed by atoms with E-state index < -0.39 is 12.1 Å². The first-order valence-corrected chi connectivity index (χ1v) is 13.9. The molecule has 6 rings (SSSR count). The number of aliphatic carboxylic acids is 1. The number of carboxylic acid groups (broad SMARTS) is 1. The van der Waals surface area contributed by atoms with E-state index in [1.54, 1.807) is 11.7 Å². The van der Waals surface area contributed by atoms with Crippen LogP contribution in [0.4, 0.5) is 19.1 Å². The van der Waals surface area contributed by atoms with Crippen LogP contribution >= 0.6 is 11.3 Å². The number of hydrogen-bond acceptors (Lipinski definition) is 9. The van der Waals surface area contributed by atoms with E-state index in [0.717, 1.165) is 64.7 Å². The zero-order chi connectivity index (χ0) is 29.5. The van der Waals surface area contributed by atoms with Gasteiger partial charge in [-0.05, 0) is 55.3 Å². The minimum absolute atomic E-state index is 0.339. The van der Waals surface area contributed by atoms with Gasteiger partial charge in [-0.25, -0.2) is 24.7 Å². The van der Waals surface area contributed by atoms with Crippen LogP contribution in [0.3, 0.4) is 0 Å². The summed E-state index contributed by atoms with van der Waals surface area (Å²) in [6, 6.07) is 18.3. The van der Waals surface area contributed by atoms with E-state index in [1.807, 2.05) is 48.5 Å². The average Bonchev–Trinajstić information content (AvgIpc) is 3.60. The third kappa shape index (κ3) is 7.59. The van der Waals surface area contributed by atoms with Gasteiger partial charge >= 0.3 is 12.1 Å². The fourth-order valence-corrected chi connectivity index (χ4v) is 4.99. The normalized spacial score (nSPS) is 15.1. The Morgan fingerprint density at radius 3 is 2.71 bits per heavy atom. The number of para-hydroxylation sites is 2. The molecule has 1 saturated heterocycles. The van der Waals surface area contributed by atoms with Crippen LogP contribution in [0.1, 0.15) is 24.2 Å². The van der Waals surface area contributed by atoms with Gasteiger partial charge in [-0.1, -0.05) is 24.3 Å². The van der Waals surface area contributed by atoms with Crippen molar-refractivity contribution in [1.82, 2.24) is 30.2 Å². The van der Waals surface area contributed by atoms with Crippen LogP contribution in [-0.2, 0) is 11.2 Å². The molecule has 2 aromatic carbocycles. The number of alkyl halides is 3. The topological polar surface area (TPSA) is 138 Å². The van der Waals surface area contributed by atoms with Crippen molar-refractivity contribution >= 4 is 34.3 Å². The molecule has 14 heteroatoms. The lowest BCUT2D eigenvalue weighted by Gasteiger charge is -2.23. The number of ether oxygens (including phenoxy) is 1. The Labute approximate surface area is 242 Å². The largest absolute Gasteiger partial charge is 0.490 e. The zero-order valence-corrected chi connectivity index (χ0v) is 22.9. The monoisotopic (exact) mass is 597 g/mol. The summed E-state index contributed by atoms with van der Waals surface area (Å²) in [5.41, 5.74) is 5.69. The first-order chi connectivity index (χ1) is 20.2. The van der Waals surface area contributed by atoms with Crippen LogP contribution in [0.2, 0.25) is 0 Å². The highest BCUT2D eigenvalue weighted by molar-refractivity contribution is 7.13. The summed E-state index contributed by atoms with van der Waals surface area (Å²) in [5.74, 6) is 0.0640. The van der Waals surface area contributed by atoms with Crippen LogP contribution in [0.5, 0.6) is 11.6 Å². The number of halogens is 3. The van der Waals surface area contributed by atoms with Crippen molar-refractivity contribution in [2.75, 3.05) is 18.4 Å². The van der Waals surface area contributed by atoms with E-state index in [2.05, 4.69) is 36.6 Å². The molecule has 1 fully saturated rings. The molecule has 1 aliphatic heterocycles. The molecule has 0 aliphatic carbocycles. The number of piperidine rings is 1. The molecule has 0 bridgehead atoms. The molecule has 218 valence electrons. The number of benzene rings is 2. The number of nitrogens with zero attached hydrogens (tertiary/aromatic N) is 4. The maximum absolute atomic E-state index is 10.6. The van der Waals surface area contributed by atoms with Gasteiger partial charge in [0.25, 0.3) is 0 Å². The Morgan fingerprint density at radius 1 is 1.12 bits per heavy atom. The van der Waals surface area contributed by atoms with Crippen LogP contribution in [0, 0.1) is 0 Å². The Hall–Kier alpha value is -4.56. The highest BCUT2D eigenvalue weighted by Gasteiger charge is 2.38. The molecule has 10 nitrogen and oxygen atoms in total. The van der Waals surface area contributed by atoms with Gasteiger partial charge < -0.3 is 25.5 Å². The van der Waals surface area contributed by atoms with E-state index in [0.29, 0.717) is 24.3 Å². The smallest absolute Gasteiger partial charge is 0.475 e. The molecule has 0 saturated carbocycles. The van der Waals surface area contributed by atoms with Crippen molar-refractivity contribution in [2.24, 2.45) is 0 Å². The number of fused-ring (bicyclic) bond motifs is 1.